The van der Waals surface area contributed by atoms with Gasteiger partial charge in [0, 0.05) is 6.04 Å². The summed E-state index contributed by atoms with van der Waals surface area (Å²) in [6, 6.07) is 0.730. The average Bonchev–Trinajstić information content (AvgIpc) is 2.95. The zero-order chi connectivity index (χ0) is 14.7. The van der Waals surface area contributed by atoms with E-state index >= 15 is 0 Å². The summed E-state index contributed by atoms with van der Waals surface area (Å²) in [6.45, 7) is 1.12. The van der Waals surface area contributed by atoms with E-state index in [1.165, 1.54) is 51.4 Å². The average molecular weight is 293 g/mol. The Kier molecular flexibility index (Phi) is 4.88. The highest BCUT2D eigenvalue weighted by Gasteiger charge is 2.37. The fraction of sp³-hybridized carbons (Fsp3) is 0.944. The molecule has 3 rings (SSSR count). The van der Waals surface area contributed by atoms with E-state index < -0.39 is 5.97 Å². The summed E-state index contributed by atoms with van der Waals surface area (Å²) < 4.78 is 0. The van der Waals surface area contributed by atoms with Crippen LogP contribution in [0.4, 0.5) is 0 Å². The molecule has 0 unspecified atom stereocenters. The fourth-order valence-electron chi connectivity index (χ4n) is 5.01. The monoisotopic (exact) mass is 293 g/mol. The highest BCUT2D eigenvalue weighted by Crippen LogP contribution is 2.48. The van der Waals surface area contributed by atoms with E-state index in [0.29, 0.717) is 5.92 Å². The Bertz CT molecular complexity index is 344. The van der Waals surface area contributed by atoms with Crippen molar-refractivity contribution >= 4 is 5.97 Å². The summed E-state index contributed by atoms with van der Waals surface area (Å²) in [5.41, 5.74) is 0.734. The zero-order valence-corrected chi connectivity index (χ0v) is 13.3. The number of hydrogen-bond donors (Lipinski definition) is 2. The van der Waals surface area contributed by atoms with E-state index in [9.17, 15) is 4.79 Å². The van der Waals surface area contributed by atoms with E-state index in [-0.39, 0.29) is 5.92 Å². The van der Waals surface area contributed by atoms with Crippen molar-refractivity contribution in [3.63, 3.8) is 0 Å². The molecule has 0 aromatic rings. The zero-order valence-electron chi connectivity index (χ0n) is 13.3. The molecule has 0 radical (unpaired) electrons. The largest absolute Gasteiger partial charge is 0.481 e. The molecule has 3 heteroatoms. The van der Waals surface area contributed by atoms with Crippen molar-refractivity contribution in [1.29, 1.82) is 0 Å². The minimum absolute atomic E-state index is 0.0712. The lowest BCUT2D eigenvalue weighted by Crippen LogP contribution is -2.39. The molecule has 1 spiro atoms. The molecular weight excluding hydrogens is 262 g/mol. The first-order valence-corrected chi connectivity index (χ1v) is 9.13. The van der Waals surface area contributed by atoms with Gasteiger partial charge in [0.15, 0.2) is 0 Å². The van der Waals surface area contributed by atoms with Gasteiger partial charge in [-0.3, -0.25) is 4.79 Å². The molecule has 0 amide bonds. The summed E-state index contributed by atoms with van der Waals surface area (Å²) >= 11 is 0. The normalized spacial score (nSPS) is 33.3. The molecular formula is C18H31NO2. The van der Waals surface area contributed by atoms with Gasteiger partial charge in [-0.1, -0.05) is 12.8 Å². The standard InChI is InChI=1S/C18H31NO2/c20-17(21)15-5-3-14(4-6-15)13-19-16-7-11-18(12-8-16)9-1-2-10-18/h14-16,19H,1-13H2,(H,20,21). The molecule has 0 heterocycles. The van der Waals surface area contributed by atoms with Crippen LogP contribution in [0.3, 0.4) is 0 Å². The van der Waals surface area contributed by atoms with Crippen LogP contribution in [0, 0.1) is 17.3 Å². The number of hydrogen-bond acceptors (Lipinski definition) is 2. The molecule has 3 aliphatic rings. The van der Waals surface area contributed by atoms with E-state index in [2.05, 4.69) is 5.32 Å². The molecule has 0 saturated heterocycles. The summed E-state index contributed by atoms with van der Waals surface area (Å²) in [6.07, 6.45) is 15.5. The van der Waals surface area contributed by atoms with Crippen LogP contribution in [0.15, 0.2) is 0 Å². The van der Waals surface area contributed by atoms with E-state index in [0.717, 1.165) is 43.7 Å². The Morgan fingerprint density at radius 2 is 1.57 bits per heavy atom. The lowest BCUT2D eigenvalue weighted by molar-refractivity contribution is -0.143. The van der Waals surface area contributed by atoms with Crippen LogP contribution in [0.2, 0.25) is 0 Å². The van der Waals surface area contributed by atoms with Crippen molar-refractivity contribution < 1.29 is 9.90 Å². The first-order chi connectivity index (χ1) is 10.2. The summed E-state index contributed by atoms with van der Waals surface area (Å²) in [7, 11) is 0. The molecule has 0 aromatic heterocycles. The van der Waals surface area contributed by atoms with Gasteiger partial charge in [-0.15, -0.1) is 0 Å². The predicted molar refractivity (Wildman–Crippen MR) is 84.2 cm³/mol. The molecule has 0 aromatic carbocycles. The first kappa shape index (κ1) is 15.3. The van der Waals surface area contributed by atoms with Crippen molar-refractivity contribution in [3.05, 3.63) is 0 Å². The molecule has 21 heavy (non-hydrogen) atoms. The predicted octanol–water partition coefficient (Wildman–Crippen LogP) is 3.97. The lowest BCUT2D eigenvalue weighted by atomic mass is 9.71. The minimum atomic E-state index is -0.587. The van der Waals surface area contributed by atoms with Crippen LogP contribution >= 0.6 is 0 Å². The Hall–Kier alpha value is -0.570. The van der Waals surface area contributed by atoms with Gasteiger partial charge in [0.25, 0.3) is 0 Å². The number of carboxylic acids is 1. The fourth-order valence-corrected chi connectivity index (χ4v) is 5.01. The Morgan fingerprint density at radius 3 is 2.14 bits per heavy atom. The van der Waals surface area contributed by atoms with Crippen molar-refractivity contribution in [1.82, 2.24) is 5.32 Å². The smallest absolute Gasteiger partial charge is 0.306 e. The number of carbonyl (C=O) groups is 1. The second-order valence-electron chi connectivity index (χ2n) is 7.95. The number of rotatable bonds is 4. The van der Waals surface area contributed by atoms with Crippen LogP contribution in [0.1, 0.15) is 77.0 Å². The molecule has 2 N–H and O–H groups in total. The molecule has 0 aliphatic heterocycles. The van der Waals surface area contributed by atoms with Crippen molar-refractivity contribution in [2.24, 2.45) is 17.3 Å². The second kappa shape index (κ2) is 6.68. The molecule has 0 atom stereocenters. The third-order valence-electron chi connectivity index (χ3n) is 6.60. The van der Waals surface area contributed by atoms with Crippen molar-refractivity contribution in [2.45, 2.75) is 83.1 Å². The molecule has 3 fully saturated rings. The molecule has 3 nitrogen and oxygen atoms in total. The van der Waals surface area contributed by atoms with Crippen molar-refractivity contribution in [3.8, 4) is 0 Å². The van der Waals surface area contributed by atoms with Crippen LogP contribution in [-0.2, 0) is 4.79 Å². The summed E-state index contributed by atoms with van der Waals surface area (Å²) in [5, 5.41) is 12.8. The number of aliphatic carboxylic acids is 1. The SMILES string of the molecule is O=C(O)C1CCC(CNC2CCC3(CCCC3)CC2)CC1. The third-order valence-corrected chi connectivity index (χ3v) is 6.60. The van der Waals surface area contributed by atoms with Gasteiger partial charge in [0.1, 0.15) is 0 Å². The highest BCUT2D eigenvalue weighted by atomic mass is 16.4. The Balaban J connectivity index is 1.34. The van der Waals surface area contributed by atoms with Crippen LogP contribution in [0.5, 0.6) is 0 Å². The van der Waals surface area contributed by atoms with Crippen LogP contribution < -0.4 is 5.32 Å². The van der Waals surface area contributed by atoms with Crippen LogP contribution in [0.25, 0.3) is 0 Å². The second-order valence-corrected chi connectivity index (χ2v) is 7.95. The van der Waals surface area contributed by atoms with Gasteiger partial charge in [-0.05, 0) is 82.1 Å². The summed E-state index contributed by atoms with van der Waals surface area (Å²) in [5.74, 6) is 0.0525. The number of carboxylic acid groups (broad SMARTS) is 1. The first-order valence-electron chi connectivity index (χ1n) is 9.13. The maximum Gasteiger partial charge on any atom is 0.306 e. The van der Waals surface area contributed by atoms with Gasteiger partial charge in [-0.25, -0.2) is 0 Å². The van der Waals surface area contributed by atoms with E-state index in [1.54, 1.807) is 0 Å². The van der Waals surface area contributed by atoms with E-state index in [4.69, 9.17) is 5.11 Å². The molecule has 3 aliphatic carbocycles. The van der Waals surface area contributed by atoms with Gasteiger partial charge in [0.05, 0.1) is 5.92 Å². The van der Waals surface area contributed by atoms with E-state index in [1.807, 2.05) is 0 Å². The lowest BCUT2D eigenvalue weighted by Gasteiger charge is -2.38. The topological polar surface area (TPSA) is 49.3 Å². The summed E-state index contributed by atoms with van der Waals surface area (Å²) in [4.78, 5) is 11.0. The maximum absolute atomic E-state index is 11.0. The number of nitrogens with one attached hydrogen (secondary N) is 1. The molecule has 3 saturated carbocycles. The van der Waals surface area contributed by atoms with Crippen LogP contribution in [-0.4, -0.2) is 23.7 Å². The Morgan fingerprint density at radius 1 is 0.952 bits per heavy atom. The molecule has 120 valence electrons. The van der Waals surface area contributed by atoms with Gasteiger partial charge in [-0.2, -0.15) is 0 Å². The molecule has 0 bridgehead atoms. The van der Waals surface area contributed by atoms with Gasteiger partial charge < -0.3 is 10.4 Å². The van der Waals surface area contributed by atoms with Gasteiger partial charge >= 0.3 is 5.97 Å². The highest BCUT2D eigenvalue weighted by molar-refractivity contribution is 5.69. The van der Waals surface area contributed by atoms with Crippen molar-refractivity contribution in [2.75, 3.05) is 6.54 Å². The minimum Gasteiger partial charge on any atom is -0.481 e. The maximum atomic E-state index is 11.0. The van der Waals surface area contributed by atoms with Gasteiger partial charge in [0.2, 0.25) is 0 Å². The Labute approximate surface area is 128 Å². The third kappa shape index (κ3) is 3.80. The quantitative estimate of drug-likeness (QED) is 0.824.